The lowest BCUT2D eigenvalue weighted by Crippen LogP contribution is -2.26. The van der Waals surface area contributed by atoms with Crippen LogP contribution in [0.25, 0.3) is 6.08 Å². The Morgan fingerprint density at radius 2 is 1.50 bits per heavy atom. The molecule has 140 valence electrons. The molecule has 1 aliphatic heterocycles. The highest BCUT2D eigenvalue weighted by atomic mass is 79.9. The third kappa shape index (κ3) is 3.71. The number of likely N-dealkylation sites (N-methyl/N-ethyl adjacent to an activating group) is 1. The van der Waals surface area contributed by atoms with Crippen molar-refractivity contribution in [3.63, 3.8) is 0 Å². The van der Waals surface area contributed by atoms with Crippen molar-refractivity contribution < 1.29 is 4.79 Å². The van der Waals surface area contributed by atoms with Gasteiger partial charge in [0.1, 0.15) is 0 Å². The Balaban J connectivity index is 1.78. The fourth-order valence-corrected chi connectivity index (χ4v) is 4.28. The molecule has 0 saturated heterocycles. The maximum atomic E-state index is 13.2. The number of fused-ring (bicyclic) bond motifs is 1. The van der Waals surface area contributed by atoms with Crippen LogP contribution in [0.2, 0.25) is 0 Å². The minimum atomic E-state index is -0.228. The normalized spacial score (nSPS) is 17.2. The number of benzene rings is 3. The summed E-state index contributed by atoms with van der Waals surface area (Å²) >= 11 is 6.99. The van der Waals surface area contributed by atoms with Crippen molar-refractivity contribution in [3.8, 4) is 0 Å². The third-order valence-electron chi connectivity index (χ3n) is 5.21. The molecule has 2 atom stereocenters. The summed E-state index contributed by atoms with van der Waals surface area (Å²) in [4.78, 5) is 15.0. The van der Waals surface area contributed by atoms with Crippen LogP contribution >= 0.6 is 31.9 Å². The van der Waals surface area contributed by atoms with Crippen LogP contribution in [-0.2, 0) is 4.79 Å². The number of hydrogen-bond acceptors (Lipinski definition) is 1. The van der Waals surface area contributed by atoms with Gasteiger partial charge in [-0.05, 0) is 47.0 Å². The maximum absolute atomic E-state index is 13.2. The average molecular weight is 497 g/mol. The maximum Gasteiger partial charge on any atom is 0.235 e. The lowest BCUT2D eigenvalue weighted by Gasteiger charge is -2.21. The quantitative estimate of drug-likeness (QED) is 0.390. The number of para-hydroxylation sites is 1. The summed E-state index contributed by atoms with van der Waals surface area (Å²) in [5.41, 5.74) is 4.32. The predicted octanol–water partition coefficient (Wildman–Crippen LogP) is 6.77. The smallest absolute Gasteiger partial charge is 0.235 e. The molecule has 0 saturated carbocycles. The van der Waals surface area contributed by atoms with Crippen LogP contribution in [0.4, 0.5) is 5.69 Å². The number of allylic oxidation sites excluding steroid dienone is 1. The van der Waals surface area contributed by atoms with E-state index in [4.69, 9.17) is 0 Å². The minimum Gasteiger partial charge on any atom is -0.315 e. The van der Waals surface area contributed by atoms with Gasteiger partial charge < -0.3 is 4.90 Å². The number of nitrogens with zero attached hydrogens (tertiary/aromatic N) is 1. The van der Waals surface area contributed by atoms with E-state index in [1.165, 1.54) is 0 Å². The molecule has 0 N–H and O–H groups in total. The van der Waals surface area contributed by atoms with Gasteiger partial charge in [-0.2, -0.15) is 0 Å². The van der Waals surface area contributed by atoms with E-state index in [9.17, 15) is 4.79 Å². The van der Waals surface area contributed by atoms with Gasteiger partial charge >= 0.3 is 0 Å². The molecule has 0 radical (unpaired) electrons. The highest BCUT2D eigenvalue weighted by Crippen LogP contribution is 2.45. The van der Waals surface area contributed by atoms with Crippen molar-refractivity contribution in [3.05, 3.63) is 105 Å². The molecule has 4 rings (SSSR count). The molecule has 0 spiro atoms. The van der Waals surface area contributed by atoms with Crippen LogP contribution in [-0.4, -0.2) is 13.0 Å². The molecule has 4 heteroatoms. The molecule has 3 aromatic rings. The number of carbonyl (C=O) groups is 1. The average Bonchev–Trinajstić information content (AvgIpc) is 2.96. The lowest BCUT2D eigenvalue weighted by atomic mass is 9.81. The molecule has 0 unspecified atom stereocenters. The van der Waals surface area contributed by atoms with Crippen LogP contribution < -0.4 is 4.90 Å². The van der Waals surface area contributed by atoms with Gasteiger partial charge in [0.25, 0.3) is 0 Å². The fourth-order valence-electron chi connectivity index (χ4n) is 3.75. The fraction of sp³-hybridized carbons (Fsp3) is 0.125. The first-order valence-electron chi connectivity index (χ1n) is 9.10. The van der Waals surface area contributed by atoms with E-state index in [2.05, 4.69) is 74.3 Å². The summed E-state index contributed by atoms with van der Waals surface area (Å²) in [5, 5.41) is 0. The summed E-state index contributed by atoms with van der Waals surface area (Å²) in [6, 6.07) is 24.5. The molecule has 0 aromatic heterocycles. The van der Waals surface area contributed by atoms with Crippen molar-refractivity contribution >= 4 is 49.5 Å². The van der Waals surface area contributed by atoms with Crippen LogP contribution in [0.1, 0.15) is 28.5 Å². The van der Waals surface area contributed by atoms with Crippen LogP contribution in [0.5, 0.6) is 0 Å². The van der Waals surface area contributed by atoms with Gasteiger partial charge in [-0.15, -0.1) is 0 Å². The highest BCUT2D eigenvalue weighted by Gasteiger charge is 2.39. The largest absolute Gasteiger partial charge is 0.315 e. The molecular formula is C24H19Br2NO. The van der Waals surface area contributed by atoms with Gasteiger partial charge in [0.05, 0.1) is 5.92 Å². The molecule has 0 bridgehead atoms. The molecule has 2 nitrogen and oxygen atoms in total. The molecule has 0 aliphatic carbocycles. The zero-order valence-electron chi connectivity index (χ0n) is 15.3. The van der Waals surface area contributed by atoms with E-state index in [0.717, 1.165) is 31.3 Å². The Morgan fingerprint density at radius 3 is 2.18 bits per heavy atom. The van der Waals surface area contributed by atoms with Gasteiger partial charge in [0.2, 0.25) is 5.91 Å². The Bertz CT molecular complexity index is 1030. The Morgan fingerprint density at radius 1 is 0.893 bits per heavy atom. The Kier molecular flexibility index (Phi) is 5.51. The van der Waals surface area contributed by atoms with Gasteiger partial charge in [-0.1, -0.05) is 86.5 Å². The third-order valence-corrected chi connectivity index (χ3v) is 6.27. The zero-order chi connectivity index (χ0) is 19.7. The van der Waals surface area contributed by atoms with Gasteiger partial charge in [-0.25, -0.2) is 0 Å². The van der Waals surface area contributed by atoms with E-state index in [1.807, 2.05) is 49.5 Å². The summed E-state index contributed by atoms with van der Waals surface area (Å²) < 4.78 is 2.08. The number of carbonyl (C=O) groups excluding carboxylic acids is 1. The number of rotatable bonds is 4. The van der Waals surface area contributed by atoms with Crippen LogP contribution in [0.15, 0.2) is 87.8 Å². The molecule has 0 fully saturated rings. The number of hydrogen-bond donors (Lipinski definition) is 0. The SMILES string of the molecule is CN1C(=O)[C@H]([C@@H](/C=C/c2ccc(Br)cc2)c2ccc(Br)cc2)c2ccccc21. The standard InChI is InChI=1S/C24H19Br2NO/c1-27-22-5-3-2-4-21(22)23(24(27)28)20(17-9-13-19(26)14-10-17)15-8-16-6-11-18(25)12-7-16/h2-15,20,23H,1H3/b15-8+/t20-,23+/m0/s1. The highest BCUT2D eigenvalue weighted by molar-refractivity contribution is 9.10. The Labute approximate surface area is 182 Å². The van der Waals surface area contributed by atoms with Crippen molar-refractivity contribution in [2.45, 2.75) is 11.8 Å². The van der Waals surface area contributed by atoms with E-state index in [0.29, 0.717) is 0 Å². The molecule has 1 aliphatic rings. The lowest BCUT2D eigenvalue weighted by molar-refractivity contribution is -0.119. The van der Waals surface area contributed by atoms with Gasteiger partial charge in [0, 0.05) is 27.6 Å². The van der Waals surface area contributed by atoms with Crippen molar-refractivity contribution in [1.82, 2.24) is 0 Å². The second-order valence-corrected chi connectivity index (χ2v) is 8.75. The van der Waals surface area contributed by atoms with Gasteiger partial charge in [0.15, 0.2) is 0 Å². The van der Waals surface area contributed by atoms with E-state index in [-0.39, 0.29) is 17.7 Å². The first kappa shape index (κ1) is 19.2. The van der Waals surface area contributed by atoms with E-state index < -0.39 is 0 Å². The van der Waals surface area contributed by atoms with E-state index >= 15 is 0 Å². The first-order chi connectivity index (χ1) is 13.5. The number of amides is 1. The van der Waals surface area contributed by atoms with Crippen molar-refractivity contribution in [1.29, 1.82) is 0 Å². The molecule has 28 heavy (non-hydrogen) atoms. The molecule has 1 amide bonds. The topological polar surface area (TPSA) is 20.3 Å². The second-order valence-electron chi connectivity index (χ2n) is 6.92. The number of anilines is 1. The summed E-state index contributed by atoms with van der Waals surface area (Å²) in [5.74, 6) is -0.140. The van der Waals surface area contributed by atoms with E-state index in [1.54, 1.807) is 4.90 Å². The second kappa shape index (κ2) is 8.06. The Hall–Kier alpha value is -2.17. The van der Waals surface area contributed by atoms with Crippen LogP contribution in [0.3, 0.4) is 0 Å². The van der Waals surface area contributed by atoms with Crippen LogP contribution in [0, 0.1) is 0 Å². The monoisotopic (exact) mass is 495 g/mol. The summed E-state index contributed by atoms with van der Waals surface area (Å²) in [7, 11) is 1.86. The molecule has 1 heterocycles. The molecule has 3 aromatic carbocycles. The molecular weight excluding hydrogens is 478 g/mol. The van der Waals surface area contributed by atoms with Crippen molar-refractivity contribution in [2.75, 3.05) is 11.9 Å². The number of halogens is 2. The summed E-state index contributed by atoms with van der Waals surface area (Å²) in [6.07, 6.45) is 4.26. The van der Waals surface area contributed by atoms with Gasteiger partial charge in [-0.3, -0.25) is 4.79 Å². The minimum absolute atomic E-state index is 0.0460. The first-order valence-corrected chi connectivity index (χ1v) is 10.7. The predicted molar refractivity (Wildman–Crippen MR) is 123 cm³/mol. The van der Waals surface area contributed by atoms with Crippen molar-refractivity contribution in [2.24, 2.45) is 0 Å². The zero-order valence-corrected chi connectivity index (χ0v) is 18.5. The summed E-state index contributed by atoms with van der Waals surface area (Å²) in [6.45, 7) is 0.